The average Bonchev–Trinajstić information content (AvgIpc) is 2.49. The minimum atomic E-state index is 0.243. The maximum Gasteiger partial charge on any atom is 0.292 e. The third-order valence-corrected chi connectivity index (χ3v) is 3.63. The van der Waals surface area contributed by atoms with Crippen LogP contribution >= 0.6 is 0 Å². The first kappa shape index (κ1) is 14.3. The fourth-order valence-corrected chi connectivity index (χ4v) is 2.63. The van der Waals surface area contributed by atoms with Crippen molar-refractivity contribution in [2.75, 3.05) is 7.11 Å². The number of fused-ring (bicyclic) bond motifs is 2. The van der Waals surface area contributed by atoms with Crippen LogP contribution in [0.15, 0.2) is 23.0 Å². The third-order valence-electron chi connectivity index (χ3n) is 3.63. The van der Waals surface area contributed by atoms with Crippen LogP contribution in [0.25, 0.3) is 10.9 Å². The molecule has 20 heavy (non-hydrogen) atoms. The molecule has 1 heterocycles. The lowest BCUT2D eigenvalue weighted by Gasteiger charge is -2.16. The van der Waals surface area contributed by atoms with Gasteiger partial charge in [0.2, 0.25) is 0 Å². The number of ether oxygens (including phenoxy) is 1. The van der Waals surface area contributed by atoms with Crippen LogP contribution in [0.5, 0.6) is 0 Å². The maximum atomic E-state index is 12.3. The van der Waals surface area contributed by atoms with E-state index >= 15 is 0 Å². The largest absolute Gasteiger partial charge is 0.471 e. The summed E-state index contributed by atoms with van der Waals surface area (Å²) in [6, 6.07) is 5.94. The number of aromatic amines is 1. The summed E-state index contributed by atoms with van der Waals surface area (Å²) in [7, 11) is 1.31. The molecule has 0 bridgehead atoms. The number of nitrogens with one attached hydrogen (secondary N) is 1. The molecule has 0 saturated carbocycles. The highest BCUT2D eigenvalue weighted by Crippen LogP contribution is 2.21. The van der Waals surface area contributed by atoms with Crippen molar-refractivity contribution in [1.29, 1.82) is 0 Å². The van der Waals surface area contributed by atoms with Gasteiger partial charge in [-0.1, -0.05) is 12.1 Å². The highest BCUT2D eigenvalue weighted by molar-refractivity contribution is 5.82. The number of pyridine rings is 1. The van der Waals surface area contributed by atoms with Gasteiger partial charge in [0.1, 0.15) is 0 Å². The molecular formula is C16H19NO3. The van der Waals surface area contributed by atoms with Gasteiger partial charge in [0.25, 0.3) is 6.47 Å². The summed E-state index contributed by atoms with van der Waals surface area (Å²) >= 11 is 0. The molecular weight excluding hydrogens is 254 g/mol. The predicted octanol–water partition coefficient (Wildman–Crippen LogP) is 2.50. The van der Waals surface area contributed by atoms with Crippen molar-refractivity contribution >= 4 is 17.4 Å². The van der Waals surface area contributed by atoms with E-state index in [0.29, 0.717) is 6.47 Å². The van der Waals surface area contributed by atoms with Crippen LogP contribution in [0.1, 0.15) is 29.7 Å². The van der Waals surface area contributed by atoms with Gasteiger partial charge in [-0.3, -0.25) is 9.59 Å². The molecule has 0 aliphatic heterocycles. The number of hydrogen-bond acceptors (Lipinski definition) is 3. The van der Waals surface area contributed by atoms with Gasteiger partial charge >= 0.3 is 0 Å². The van der Waals surface area contributed by atoms with Crippen molar-refractivity contribution in [1.82, 2.24) is 4.98 Å². The molecule has 1 aliphatic carbocycles. The first-order valence-corrected chi connectivity index (χ1v) is 6.78. The standard InChI is InChI=1S/C14H15NO.C2H4O2/c1-9-5-4-7-11-13(9)15-12-8-3-2-6-10(12)14(11)16;1-4-2-3/h4-5,7H,2-3,6,8H2,1H3,(H,15,16);2H,1H3. The molecule has 4 heteroatoms. The van der Waals surface area contributed by atoms with Crippen LogP contribution in [-0.2, 0) is 22.4 Å². The summed E-state index contributed by atoms with van der Waals surface area (Å²) in [5, 5.41) is 0.848. The van der Waals surface area contributed by atoms with Gasteiger partial charge in [0.05, 0.1) is 12.6 Å². The number of rotatable bonds is 1. The minimum Gasteiger partial charge on any atom is -0.471 e. The molecule has 4 nitrogen and oxygen atoms in total. The monoisotopic (exact) mass is 273 g/mol. The molecule has 0 spiro atoms. The zero-order valence-corrected chi connectivity index (χ0v) is 11.9. The Hall–Kier alpha value is -2.10. The van der Waals surface area contributed by atoms with Crippen LogP contribution in [0.2, 0.25) is 0 Å². The number of aromatic nitrogens is 1. The van der Waals surface area contributed by atoms with Crippen molar-refractivity contribution in [3.05, 3.63) is 45.2 Å². The number of para-hydroxylation sites is 1. The predicted molar refractivity (Wildman–Crippen MR) is 79.0 cm³/mol. The van der Waals surface area contributed by atoms with Crippen molar-refractivity contribution in [2.45, 2.75) is 32.6 Å². The molecule has 0 radical (unpaired) electrons. The second-order valence-corrected chi connectivity index (χ2v) is 4.95. The quantitative estimate of drug-likeness (QED) is 0.812. The van der Waals surface area contributed by atoms with Gasteiger partial charge in [-0.2, -0.15) is 0 Å². The number of H-pyrrole nitrogens is 1. The molecule has 1 aliphatic rings. The van der Waals surface area contributed by atoms with Gasteiger partial charge in [-0.05, 0) is 44.2 Å². The lowest BCUT2D eigenvalue weighted by Crippen LogP contribution is -2.18. The van der Waals surface area contributed by atoms with Gasteiger partial charge in [0, 0.05) is 16.6 Å². The first-order valence-electron chi connectivity index (χ1n) is 6.78. The summed E-state index contributed by atoms with van der Waals surface area (Å²) < 4.78 is 3.86. The second kappa shape index (κ2) is 6.37. The van der Waals surface area contributed by atoms with E-state index in [2.05, 4.69) is 9.72 Å². The van der Waals surface area contributed by atoms with Gasteiger partial charge in [-0.25, -0.2) is 0 Å². The Bertz CT molecular complexity index is 673. The topological polar surface area (TPSA) is 59.2 Å². The molecule has 1 aromatic carbocycles. The van der Waals surface area contributed by atoms with E-state index in [1.54, 1.807) is 0 Å². The molecule has 3 rings (SSSR count). The molecule has 106 valence electrons. The van der Waals surface area contributed by atoms with Crippen LogP contribution in [-0.4, -0.2) is 18.6 Å². The van der Waals surface area contributed by atoms with Crippen molar-refractivity contribution < 1.29 is 9.53 Å². The summed E-state index contributed by atoms with van der Waals surface area (Å²) in [6.07, 6.45) is 4.30. The van der Waals surface area contributed by atoms with Crippen molar-refractivity contribution in [3.63, 3.8) is 0 Å². The number of aryl methyl sites for hydroxylation is 2. The van der Waals surface area contributed by atoms with E-state index in [4.69, 9.17) is 4.79 Å². The highest BCUT2D eigenvalue weighted by atomic mass is 16.5. The van der Waals surface area contributed by atoms with Crippen LogP contribution in [0, 0.1) is 6.92 Å². The smallest absolute Gasteiger partial charge is 0.292 e. The highest BCUT2D eigenvalue weighted by Gasteiger charge is 2.15. The SMILES string of the molecule is COC=O.Cc1cccc2c(=O)c3c([nH]c12)CCCC3. The van der Waals surface area contributed by atoms with Crippen molar-refractivity contribution in [2.24, 2.45) is 0 Å². The van der Waals surface area contributed by atoms with Crippen LogP contribution < -0.4 is 5.43 Å². The molecule has 2 aromatic rings. The number of benzene rings is 1. The van der Waals surface area contributed by atoms with Gasteiger partial charge < -0.3 is 9.72 Å². The first-order chi connectivity index (χ1) is 9.69. The number of methoxy groups -OCH3 is 1. The Morgan fingerprint density at radius 2 is 1.95 bits per heavy atom. The Morgan fingerprint density at radius 3 is 2.65 bits per heavy atom. The van der Waals surface area contributed by atoms with E-state index in [0.717, 1.165) is 47.0 Å². The third kappa shape index (κ3) is 2.74. The normalized spacial score (nSPS) is 13.1. The maximum absolute atomic E-state index is 12.3. The summed E-state index contributed by atoms with van der Waals surface area (Å²) in [4.78, 5) is 24.7. The molecule has 1 aromatic heterocycles. The van der Waals surface area contributed by atoms with E-state index in [1.165, 1.54) is 13.5 Å². The molecule has 0 unspecified atom stereocenters. The van der Waals surface area contributed by atoms with E-state index in [9.17, 15) is 4.79 Å². The lowest BCUT2D eigenvalue weighted by molar-refractivity contribution is -0.126. The minimum absolute atomic E-state index is 0.243. The summed E-state index contributed by atoms with van der Waals surface area (Å²) in [6.45, 7) is 2.42. The fraction of sp³-hybridized carbons (Fsp3) is 0.375. The average molecular weight is 273 g/mol. The zero-order valence-electron chi connectivity index (χ0n) is 11.9. The number of hydrogen-bond donors (Lipinski definition) is 1. The van der Waals surface area contributed by atoms with Crippen LogP contribution in [0.3, 0.4) is 0 Å². The Balaban J connectivity index is 0.000000328. The van der Waals surface area contributed by atoms with Gasteiger partial charge in [0.15, 0.2) is 5.43 Å². The van der Waals surface area contributed by atoms with E-state index in [-0.39, 0.29) is 5.43 Å². The molecule has 1 N–H and O–H groups in total. The second-order valence-electron chi connectivity index (χ2n) is 4.95. The van der Waals surface area contributed by atoms with Gasteiger partial charge in [-0.15, -0.1) is 0 Å². The summed E-state index contributed by atoms with van der Waals surface area (Å²) in [5.41, 5.74) is 4.60. The van der Waals surface area contributed by atoms with Crippen molar-refractivity contribution in [3.8, 4) is 0 Å². The molecule has 0 amide bonds. The fourth-order valence-electron chi connectivity index (χ4n) is 2.63. The van der Waals surface area contributed by atoms with E-state index < -0.39 is 0 Å². The Kier molecular flexibility index (Phi) is 4.56. The Morgan fingerprint density at radius 1 is 1.25 bits per heavy atom. The Labute approximate surface area is 117 Å². The number of carbonyl (C=O) groups is 1. The molecule has 0 fully saturated rings. The zero-order chi connectivity index (χ0) is 14.5. The number of carbonyl (C=O) groups excluding carboxylic acids is 1. The van der Waals surface area contributed by atoms with E-state index in [1.807, 2.05) is 25.1 Å². The molecule has 0 atom stereocenters. The van der Waals surface area contributed by atoms with Crippen LogP contribution in [0.4, 0.5) is 0 Å². The molecule has 0 saturated heterocycles. The lowest BCUT2D eigenvalue weighted by atomic mass is 9.94. The summed E-state index contributed by atoms with van der Waals surface area (Å²) in [5.74, 6) is 0.